The number of aryl methyl sites for hydroxylation is 2. The van der Waals surface area contributed by atoms with Crippen molar-refractivity contribution in [3.8, 4) is 0 Å². The summed E-state index contributed by atoms with van der Waals surface area (Å²) in [5.74, 6) is 0.460. The average molecular weight is 386 g/mol. The molecule has 0 saturated carbocycles. The maximum absolute atomic E-state index is 12.2. The zero-order valence-electron chi connectivity index (χ0n) is 16.4. The minimum atomic E-state index is -0.389. The highest BCUT2D eigenvalue weighted by atomic mass is 16.4. The van der Waals surface area contributed by atoms with Crippen molar-refractivity contribution < 1.29 is 9.21 Å². The van der Waals surface area contributed by atoms with Gasteiger partial charge in [-0.15, -0.1) is 5.10 Å². The van der Waals surface area contributed by atoms with Gasteiger partial charge in [0.2, 0.25) is 5.89 Å². The molecule has 4 aromatic rings. The standard InChI is InChI=1S/C23H22N4O2/c1-15-10-11-18(16(2)12-15)13-21-26-27-23(29-21)25-22(28)24-14-19-8-5-7-17-6-3-4-9-20(17)19/h3-12H,13-14H2,1-2H3,(H2,24,25,27,28). The first kappa shape index (κ1) is 18.7. The van der Waals surface area contributed by atoms with Gasteiger partial charge in [0.1, 0.15) is 0 Å². The summed E-state index contributed by atoms with van der Waals surface area (Å²) in [5, 5.41) is 15.6. The largest absolute Gasteiger partial charge is 0.407 e. The summed E-state index contributed by atoms with van der Waals surface area (Å²) >= 11 is 0. The van der Waals surface area contributed by atoms with Crippen LogP contribution in [0.4, 0.5) is 10.8 Å². The van der Waals surface area contributed by atoms with Crippen molar-refractivity contribution in [2.24, 2.45) is 0 Å². The predicted octanol–water partition coefficient (Wildman–Crippen LogP) is 4.75. The van der Waals surface area contributed by atoms with Crippen molar-refractivity contribution in [2.75, 3.05) is 5.32 Å². The van der Waals surface area contributed by atoms with Crippen LogP contribution in [0.1, 0.15) is 28.1 Å². The molecule has 0 fully saturated rings. The number of urea groups is 1. The number of hydrogen-bond acceptors (Lipinski definition) is 4. The number of carbonyl (C=O) groups is 1. The van der Waals surface area contributed by atoms with Crippen LogP contribution in [0.5, 0.6) is 0 Å². The van der Waals surface area contributed by atoms with E-state index in [0.29, 0.717) is 18.9 Å². The third-order valence-electron chi connectivity index (χ3n) is 4.85. The lowest BCUT2D eigenvalue weighted by Gasteiger charge is -2.08. The quantitative estimate of drug-likeness (QED) is 0.519. The molecule has 146 valence electrons. The Kier molecular flexibility index (Phi) is 5.24. The molecule has 0 aliphatic rings. The molecule has 0 unspecified atom stereocenters. The lowest BCUT2D eigenvalue weighted by molar-refractivity contribution is 0.251. The fraction of sp³-hybridized carbons (Fsp3) is 0.174. The number of fused-ring (bicyclic) bond motifs is 1. The Bertz CT molecular complexity index is 1160. The number of hydrogen-bond donors (Lipinski definition) is 2. The third kappa shape index (κ3) is 4.43. The van der Waals surface area contributed by atoms with Crippen LogP contribution in [0.15, 0.2) is 65.1 Å². The highest BCUT2D eigenvalue weighted by Crippen LogP contribution is 2.19. The van der Waals surface area contributed by atoms with E-state index in [9.17, 15) is 4.79 Å². The van der Waals surface area contributed by atoms with Gasteiger partial charge in [0.05, 0.1) is 6.42 Å². The summed E-state index contributed by atoms with van der Waals surface area (Å²) in [6.07, 6.45) is 0.526. The second-order valence-corrected chi connectivity index (χ2v) is 7.05. The van der Waals surface area contributed by atoms with Crippen LogP contribution >= 0.6 is 0 Å². The van der Waals surface area contributed by atoms with Crippen molar-refractivity contribution in [3.63, 3.8) is 0 Å². The van der Waals surface area contributed by atoms with Crippen LogP contribution in [0, 0.1) is 13.8 Å². The molecule has 6 heteroatoms. The highest BCUT2D eigenvalue weighted by Gasteiger charge is 2.11. The molecule has 2 N–H and O–H groups in total. The SMILES string of the molecule is Cc1ccc(Cc2nnc(NC(=O)NCc3cccc4ccccc34)o2)c(C)c1. The first-order valence-corrected chi connectivity index (χ1v) is 9.48. The Balaban J connectivity index is 1.36. The molecule has 0 spiro atoms. The van der Waals surface area contributed by atoms with Crippen LogP contribution in [0.25, 0.3) is 10.8 Å². The van der Waals surface area contributed by atoms with E-state index in [2.05, 4.69) is 65.0 Å². The first-order valence-electron chi connectivity index (χ1n) is 9.48. The lowest BCUT2D eigenvalue weighted by atomic mass is 10.0. The van der Waals surface area contributed by atoms with E-state index in [0.717, 1.165) is 21.9 Å². The van der Waals surface area contributed by atoms with Gasteiger partial charge in [-0.2, -0.15) is 0 Å². The topological polar surface area (TPSA) is 80.0 Å². The molecule has 1 heterocycles. The van der Waals surface area contributed by atoms with E-state index in [1.807, 2.05) is 30.3 Å². The molecule has 0 atom stereocenters. The lowest BCUT2D eigenvalue weighted by Crippen LogP contribution is -2.28. The van der Waals surface area contributed by atoms with E-state index < -0.39 is 0 Å². The van der Waals surface area contributed by atoms with E-state index in [1.165, 1.54) is 11.1 Å². The fourth-order valence-electron chi connectivity index (χ4n) is 3.35. The molecular weight excluding hydrogens is 364 g/mol. The van der Waals surface area contributed by atoms with E-state index in [1.54, 1.807) is 0 Å². The predicted molar refractivity (Wildman–Crippen MR) is 113 cm³/mol. The van der Waals surface area contributed by atoms with Crippen LogP contribution < -0.4 is 10.6 Å². The Morgan fingerprint density at radius 2 is 1.79 bits per heavy atom. The summed E-state index contributed by atoms with van der Waals surface area (Å²) in [6.45, 7) is 4.51. The number of anilines is 1. The molecular formula is C23H22N4O2. The monoisotopic (exact) mass is 386 g/mol. The van der Waals surface area contributed by atoms with Crippen molar-refractivity contribution in [3.05, 3.63) is 88.8 Å². The number of aromatic nitrogens is 2. The molecule has 0 saturated heterocycles. The van der Waals surface area contributed by atoms with Gasteiger partial charge in [0.15, 0.2) is 0 Å². The van der Waals surface area contributed by atoms with Gasteiger partial charge in [-0.25, -0.2) is 4.79 Å². The Morgan fingerprint density at radius 1 is 0.966 bits per heavy atom. The van der Waals surface area contributed by atoms with E-state index >= 15 is 0 Å². The summed E-state index contributed by atoms with van der Waals surface area (Å²) in [7, 11) is 0. The van der Waals surface area contributed by atoms with E-state index in [-0.39, 0.29) is 12.0 Å². The molecule has 4 rings (SSSR count). The summed E-state index contributed by atoms with van der Waals surface area (Å²) in [6, 6.07) is 20.0. The molecule has 2 amide bonds. The molecule has 1 aromatic heterocycles. The zero-order chi connectivity index (χ0) is 20.2. The summed E-state index contributed by atoms with van der Waals surface area (Å²) < 4.78 is 5.57. The maximum Gasteiger partial charge on any atom is 0.323 e. The zero-order valence-corrected chi connectivity index (χ0v) is 16.4. The Hall–Kier alpha value is -3.67. The molecule has 0 aliphatic carbocycles. The minimum Gasteiger partial charge on any atom is -0.407 e. The fourth-order valence-corrected chi connectivity index (χ4v) is 3.35. The molecule has 29 heavy (non-hydrogen) atoms. The first-order chi connectivity index (χ1) is 14.1. The van der Waals surface area contributed by atoms with Gasteiger partial charge in [0, 0.05) is 6.54 Å². The van der Waals surface area contributed by atoms with Gasteiger partial charge >= 0.3 is 12.0 Å². The van der Waals surface area contributed by atoms with Crippen molar-refractivity contribution in [1.29, 1.82) is 0 Å². The number of carbonyl (C=O) groups excluding carboxylic acids is 1. The molecule has 0 aliphatic heterocycles. The van der Waals surface area contributed by atoms with Crippen molar-refractivity contribution >= 4 is 22.8 Å². The normalized spacial score (nSPS) is 10.8. The number of benzene rings is 3. The summed E-state index contributed by atoms with van der Waals surface area (Å²) in [4.78, 5) is 12.2. The third-order valence-corrected chi connectivity index (χ3v) is 4.85. The smallest absolute Gasteiger partial charge is 0.323 e. The van der Waals surface area contributed by atoms with Gasteiger partial charge in [-0.1, -0.05) is 71.3 Å². The molecule has 6 nitrogen and oxygen atoms in total. The number of nitrogens with one attached hydrogen (secondary N) is 2. The van der Waals surface area contributed by atoms with Crippen LogP contribution in [-0.2, 0) is 13.0 Å². The second-order valence-electron chi connectivity index (χ2n) is 7.05. The minimum absolute atomic E-state index is 0.0835. The van der Waals surface area contributed by atoms with Crippen LogP contribution in [-0.4, -0.2) is 16.2 Å². The average Bonchev–Trinajstić information content (AvgIpc) is 3.15. The maximum atomic E-state index is 12.2. The van der Waals surface area contributed by atoms with Gasteiger partial charge in [-0.3, -0.25) is 5.32 Å². The van der Waals surface area contributed by atoms with Gasteiger partial charge in [0.25, 0.3) is 0 Å². The van der Waals surface area contributed by atoms with Crippen LogP contribution in [0.2, 0.25) is 0 Å². The number of amides is 2. The van der Waals surface area contributed by atoms with Crippen molar-refractivity contribution in [1.82, 2.24) is 15.5 Å². The van der Waals surface area contributed by atoms with Crippen LogP contribution in [0.3, 0.4) is 0 Å². The van der Waals surface area contributed by atoms with E-state index in [4.69, 9.17) is 4.42 Å². The second kappa shape index (κ2) is 8.14. The highest BCUT2D eigenvalue weighted by molar-refractivity contribution is 5.88. The molecule has 0 bridgehead atoms. The van der Waals surface area contributed by atoms with Crippen molar-refractivity contribution in [2.45, 2.75) is 26.8 Å². The number of rotatable bonds is 5. The van der Waals surface area contributed by atoms with Gasteiger partial charge in [-0.05, 0) is 41.3 Å². The molecule has 0 radical (unpaired) electrons. The number of nitrogens with zero attached hydrogens (tertiary/aromatic N) is 2. The Labute approximate surface area is 169 Å². The molecule has 3 aromatic carbocycles. The Morgan fingerprint density at radius 3 is 2.66 bits per heavy atom. The van der Waals surface area contributed by atoms with Gasteiger partial charge < -0.3 is 9.73 Å². The summed E-state index contributed by atoms with van der Waals surface area (Å²) in [5.41, 5.74) is 4.54.